The molecular weight excluding hydrogens is 204 g/mol. The van der Waals surface area contributed by atoms with Crippen LogP contribution in [0.5, 0.6) is 0 Å². The third-order valence-corrected chi connectivity index (χ3v) is 2.54. The van der Waals surface area contributed by atoms with Crippen LogP contribution >= 0.6 is 0 Å². The predicted octanol–water partition coefficient (Wildman–Crippen LogP) is 1.62. The van der Waals surface area contributed by atoms with Crippen LogP contribution in [0, 0.1) is 5.92 Å². The van der Waals surface area contributed by atoms with Gasteiger partial charge in [0.1, 0.15) is 6.04 Å². The molecule has 0 aliphatic rings. The summed E-state index contributed by atoms with van der Waals surface area (Å²) in [5.41, 5.74) is 1.07. The fraction of sp³-hybridized carbons (Fsp3) is 0.500. The van der Waals surface area contributed by atoms with E-state index in [0.29, 0.717) is 6.54 Å². The number of aliphatic carboxylic acids is 1. The number of hydrogen-bond donors (Lipinski definition) is 1. The quantitative estimate of drug-likeness (QED) is 0.822. The van der Waals surface area contributed by atoms with E-state index in [4.69, 9.17) is 5.11 Å². The topological polar surface area (TPSA) is 53.4 Å². The zero-order valence-electron chi connectivity index (χ0n) is 9.92. The van der Waals surface area contributed by atoms with Crippen LogP contribution in [0.4, 0.5) is 0 Å². The fourth-order valence-corrected chi connectivity index (χ4v) is 1.86. The minimum atomic E-state index is -0.772. The maximum atomic E-state index is 11.1. The molecule has 1 heterocycles. The number of carboxylic acid groups (broad SMARTS) is 1. The van der Waals surface area contributed by atoms with Crippen molar-refractivity contribution in [1.29, 1.82) is 0 Å². The lowest BCUT2D eigenvalue weighted by Crippen LogP contribution is -2.41. The molecule has 0 aliphatic heterocycles. The smallest absolute Gasteiger partial charge is 0.321 e. The largest absolute Gasteiger partial charge is 0.480 e. The highest BCUT2D eigenvalue weighted by Crippen LogP contribution is 2.12. The van der Waals surface area contributed by atoms with E-state index in [1.165, 1.54) is 0 Å². The molecule has 0 aliphatic carbocycles. The molecule has 0 amide bonds. The summed E-state index contributed by atoms with van der Waals surface area (Å²) < 4.78 is 0. The number of likely N-dealkylation sites (N-methyl/N-ethyl adjacent to an activating group) is 1. The molecule has 4 nitrogen and oxygen atoms in total. The molecule has 0 unspecified atom stereocenters. The molecule has 88 valence electrons. The van der Waals surface area contributed by atoms with Crippen LogP contribution in [0.3, 0.4) is 0 Å². The van der Waals surface area contributed by atoms with E-state index in [2.05, 4.69) is 4.98 Å². The standard InChI is InChI=1S/C12H18N2O2/c1-9(2)11(12(15)16)14(3)8-10-4-6-13-7-5-10/h4-7,9,11H,8H2,1-3H3,(H,15,16)/t11-/m0/s1. The van der Waals surface area contributed by atoms with Gasteiger partial charge in [0.2, 0.25) is 0 Å². The summed E-state index contributed by atoms with van der Waals surface area (Å²) in [4.78, 5) is 16.9. The average Bonchev–Trinajstić information content (AvgIpc) is 2.17. The Bertz CT molecular complexity index is 338. The highest BCUT2D eigenvalue weighted by atomic mass is 16.4. The summed E-state index contributed by atoms with van der Waals surface area (Å²) in [6.07, 6.45) is 3.43. The minimum Gasteiger partial charge on any atom is -0.480 e. The first kappa shape index (κ1) is 12.6. The first-order chi connectivity index (χ1) is 7.52. The lowest BCUT2D eigenvalue weighted by Gasteiger charge is -2.27. The molecule has 1 aromatic rings. The number of carbonyl (C=O) groups is 1. The molecule has 1 N–H and O–H groups in total. The van der Waals surface area contributed by atoms with Crippen LogP contribution in [-0.2, 0) is 11.3 Å². The minimum absolute atomic E-state index is 0.0873. The van der Waals surface area contributed by atoms with Crippen molar-refractivity contribution >= 4 is 5.97 Å². The average molecular weight is 222 g/mol. The van der Waals surface area contributed by atoms with Gasteiger partial charge in [0, 0.05) is 18.9 Å². The highest BCUT2D eigenvalue weighted by molar-refractivity contribution is 5.73. The van der Waals surface area contributed by atoms with Crippen molar-refractivity contribution in [3.8, 4) is 0 Å². The maximum Gasteiger partial charge on any atom is 0.321 e. The summed E-state index contributed by atoms with van der Waals surface area (Å²) in [5.74, 6) is -0.684. The van der Waals surface area contributed by atoms with Crippen LogP contribution in [0.1, 0.15) is 19.4 Å². The molecule has 0 saturated carbocycles. The van der Waals surface area contributed by atoms with Crippen molar-refractivity contribution in [2.24, 2.45) is 5.92 Å². The SMILES string of the molecule is CC(C)[C@@H](C(=O)O)N(C)Cc1ccncc1. The first-order valence-corrected chi connectivity index (χ1v) is 5.34. The third-order valence-electron chi connectivity index (χ3n) is 2.54. The van der Waals surface area contributed by atoms with Crippen molar-refractivity contribution in [2.75, 3.05) is 7.05 Å². The molecule has 4 heteroatoms. The van der Waals surface area contributed by atoms with Crippen LogP contribution in [-0.4, -0.2) is 34.0 Å². The third kappa shape index (κ3) is 3.31. The molecular formula is C12H18N2O2. The Balaban J connectivity index is 2.70. The Hall–Kier alpha value is -1.42. The van der Waals surface area contributed by atoms with E-state index < -0.39 is 12.0 Å². The summed E-state index contributed by atoms with van der Waals surface area (Å²) >= 11 is 0. The molecule has 0 saturated heterocycles. The van der Waals surface area contributed by atoms with Crippen molar-refractivity contribution in [2.45, 2.75) is 26.4 Å². The Morgan fingerprint density at radius 1 is 1.44 bits per heavy atom. The molecule has 1 atom stereocenters. The Kier molecular flexibility index (Phi) is 4.43. The Morgan fingerprint density at radius 3 is 2.44 bits per heavy atom. The highest BCUT2D eigenvalue weighted by Gasteiger charge is 2.25. The molecule has 0 aromatic carbocycles. The number of carboxylic acids is 1. The second kappa shape index (κ2) is 5.61. The number of rotatable bonds is 5. The Labute approximate surface area is 95.9 Å². The number of nitrogens with zero attached hydrogens (tertiary/aromatic N) is 2. The second-order valence-corrected chi connectivity index (χ2v) is 4.30. The lowest BCUT2D eigenvalue weighted by molar-refractivity contribution is -0.144. The predicted molar refractivity (Wildman–Crippen MR) is 62.0 cm³/mol. The van der Waals surface area contributed by atoms with Crippen LogP contribution in [0.2, 0.25) is 0 Å². The van der Waals surface area contributed by atoms with Crippen molar-refractivity contribution in [1.82, 2.24) is 9.88 Å². The summed E-state index contributed by atoms with van der Waals surface area (Å²) in [6, 6.07) is 3.35. The van der Waals surface area contributed by atoms with Gasteiger partial charge in [-0.05, 0) is 30.7 Å². The normalized spacial score (nSPS) is 13.1. The van der Waals surface area contributed by atoms with Crippen LogP contribution in [0.15, 0.2) is 24.5 Å². The summed E-state index contributed by atoms with van der Waals surface area (Å²) in [7, 11) is 1.83. The summed E-state index contributed by atoms with van der Waals surface area (Å²) in [6.45, 7) is 4.46. The molecule has 0 radical (unpaired) electrons. The van der Waals surface area contributed by atoms with E-state index in [9.17, 15) is 4.79 Å². The molecule has 1 rings (SSSR count). The zero-order chi connectivity index (χ0) is 12.1. The first-order valence-electron chi connectivity index (χ1n) is 5.34. The van der Waals surface area contributed by atoms with Gasteiger partial charge in [-0.1, -0.05) is 13.8 Å². The van der Waals surface area contributed by atoms with Gasteiger partial charge >= 0.3 is 5.97 Å². The molecule has 0 bridgehead atoms. The fourth-order valence-electron chi connectivity index (χ4n) is 1.86. The Morgan fingerprint density at radius 2 is 2.00 bits per heavy atom. The van der Waals surface area contributed by atoms with Crippen molar-refractivity contribution in [3.63, 3.8) is 0 Å². The van der Waals surface area contributed by atoms with Crippen LogP contribution < -0.4 is 0 Å². The van der Waals surface area contributed by atoms with Crippen molar-refractivity contribution in [3.05, 3.63) is 30.1 Å². The van der Waals surface area contributed by atoms with E-state index in [1.54, 1.807) is 12.4 Å². The van der Waals surface area contributed by atoms with Gasteiger partial charge in [-0.3, -0.25) is 14.7 Å². The van der Waals surface area contributed by atoms with Gasteiger partial charge in [-0.15, -0.1) is 0 Å². The maximum absolute atomic E-state index is 11.1. The van der Waals surface area contributed by atoms with Gasteiger partial charge < -0.3 is 5.11 Å². The molecule has 0 spiro atoms. The zero-order valence-corrected chi connectivity index (χ0v) is 9.92. The lowest BCUT2D eigenvalue weighted by atomic mass is 10.0. The molecule has 0 fully saturated rings. The van der Waals surface area contributed by atoms with E-state index in [0.717, 1.165) is 5.56 Å². The molecule has 1 aromatic heterocycles. The monoisotopic (exact) mass is 222 g/mol. The van der Waals surface area contributed by atoms with Gasteiger partial charge in [-0.2, -0.15) is 0 Å². The second-order valence-electron chi connectivity index (χ2n) is 4.30. The van der Waals surface area contributed by atoms with Crippen LogP contribution in [0.25, 0.3) is 0 Å². The van der Waals surface area contributed by atoms with Gasteiger partial charge in [0.15, 0.2) is 0 Å². The van der Waals surface area contributed by atoms with Crippen molar-refractivity contribution < 1.29 is 9.90 Å². The van der Waals surface area contributed by atoms with E-state index in [-0.39, 0.29) is 5.92 Å². The number of pyridine rings is 1. The summed E-state index contributed by atoms with van der Waals surface area (Å²) in [5, 5.41) is 9.14. The van der Waals surface area contributed by atoms with Gasteiger partial charge in [0.25, 0.3) is 0 Å². The van der Waals surface area contributed by atoms with E-state index >= 15 is 0 Å². The number of hydrogen-bond acceptors (Lipinski definition) is 3. The number of aromatic nitrogens is 1. The van der Waals surface area contributed by atoms with E-state index in [1.807, 2.05) is 37.9 Å². The van der Waals surface area contributed by atoms with Gasteiger partial charge in [0.05, 0.1) is 0 Å². The molecule has 16 heavy (non-hydrogen) atoms. The van der Waals surface area contributed by atoms with Gasteiger partial charge in [-0.25, -0.2) is 0 Å².